The van der Waals surface area contributed by atoms with Crippen LogP contribution in [0.2, 0.25) is 0 Å². The van der Waals surface area contributed by atoms with E-state index in [1.165, 1.54) is 0 Å². The monoisotopic (exact) mass is 313 g/mol. The molecule has 5 atom stereocenters. The van der Waals surface area contributed by atoms with E-state index < -0.39 is 12.6 Å². The van der Waals surface area contributed by atoms with Crippen LogP contribution in [0.1, 0.15) is 51.9 Å². The summed E-state index contributed by atoms with van der Waals surface area (Å²) in [5, 5.41) is 32.6. The molecule has 2 fully saturated rings. The lowest BCUT2D eigenvalue weighted by Crippen LogP contribution is -2.37. The van der Waals surface area contributed by atoms with Gasteiger partial charge in [0.2, 0.25) is 6.61 Å². The standard InChI is InChI=1S/C16H27NO5/c1-2-3-4-10(18)5-6-11-12-7-14(13(12)8-15(11)19)17-22-9-16(20)21/h10-13,15,18-19H,2-9H2,1H3,(H,20,21). The molecule has 0 saturated heterocycles. The molecule has 126 valence electrons. The fraction of sp³-hybridized carbons (Fsp3) is 0.875. The first-order chi connectivity index (χ1) is 10.5. The molecule has 0 aromatic carbocycles. The molecule has 0 amide bonds. The van der Waals surface area contributed by atoms with Gasteiger partial charge >= 0.3 is 5.97 Å². The molecule has 2 rings (SSSR count). The van der Waals surface area contributed by atoms with Crippen molar-refractivity contribution in [1.82, 2.24) is 0 Å². The highest BCUT2D eigenvalue weighted by atomic mass is 16.6. The van der Waals surface area contributed by atoms with Crippen molar-refractivity contribution < 1.29 is 25.0 Å². The number of carboxylic acids is 1. The van der Waals surface area contributed by atoms with E-state index in [2.05, 4.69) is 12.1 Å². The maximum atomic E-state index is 10.4. The van der Waals surface area contributed by atoms with E-state index in [9.17, 15) is 15.0 Å². The Morgan fingerprint density at radius 2 is 2.23 bits per heavy atom. The van der Waals surface area contributed by atoms with Crippen molar-refractivity contribution in [2.45, 2.75) is 64.1 Å². The second-order valence-electron chi connectivity index (χ2n) is 6.56. The van der Waals surface area contributed by atoms with Crippen molar-refractivity contribution in [3.63, 3.8) is 0 Å². The minimum Gasteiger partial charge on any atom is -0.479 e. The Labute approximate surface area is 131 Å². The third kappa shape index (κ3) is 4.20. The van der Waals surface area contributed by atoms with Crippen molar-refractivity contribution in [1.29, 1.82) is 0 Å². The summed E-state index contributed by atoms with van der Waals surface area (Å²) < 4.78 is 0. The molecular weight excluding hydrogens is 286 g/mol. The van der Waals surface area contributed by atoms with Crippen LogP contribution in [0.5, 0.6) is 0 Å². The highest BCUT2D eigenvalue weighted by molar-refractivity contribution is 5.93. The quantitative estimate of drug-likeness (QED) is 0.564. The number of aliphatic carboxylic acids is 1. The van der Waals surface area contributed by atoms with Gasteiger partial charge in [0.05, 0.1) is 17.9 Å². The smallest absolute Gasteiger partial charge is 0.344 e. The minimum atomic E-state index is -1.04. The van der Waals surface area contributed by atoms with E-state index in [1.54, 1.807) is 0 Å². The average molecular weight is 313 g/mol. The summed E-state index contributed by atoms with van der Waals surface area (Å²) in [7, 11) is 0. The second kappa shape index (κ2) is 7.92. The summed E-state index contributed by atoms with van der Waals surface area (Å²) in [6.07, 6.45) is 5.39. The lowest BCUT2D eigenvalue weighted by atomic mass is 9.70. The van der Waals surface area contributed by atoms with Crippen molar-refractivity contribution in [2.75, 3.05) is 6.61 Å². The molecule has 6 heteroatoms. The van der Waals surface area contributed by atoms with Crippen LogP contribution in [0.4, 0.5) is 0 Å². The molecule has 2 saturated carbocycles. The number of rotatable bonds is 9. The predicted molar refractivity (Wildman–Crippen MR) is 81.5 cm³/mol. The lowest BCUT2D eigenvalue weighted by molar-refractivity contribution is -0.142. The first-order valence-electron chi connectivity index (χ1n) is 8.29. The van der Waals surface area contributed by atoms with Crippen molar-refractivity contribution >= 4 is 11.7 Å². The van der Waals surface area contributed by atoms with Crippen LogP contribution in [0, 0.1) is 17.8 Å². The van der Waals surface area contributed by atoms with Gasteiger partial charge in [-0.15, -0.1) is 0 Å². The zero-order valence-electron chi connectivity index (χ0n) is 13.1. The van der Waals surface area contributed by atoms with E-state index in [0.717, 1.165) is 44.2 Å². The molecule has 0 aliphatic heterocycles. The van der Waals surface area contributed by atoms with Gasteiger partial charge in [-0.1, -0.05) is 24.9 Å². The summed E-state index contributed by atoms with van der Waals surface area (Å²) >= 11 is 0. The zero-order chi connectivity index (χ0) is 16.1. The third-order valence-corrected chi connectivity index (χ3v) is 5.02. The first-order valence-corrected chi connectivity index (χ1v) is 8.29. The van der Waals surface area contributed by atoms with E-state index >= 15 is 0 Å². The number of aliphatic hydroxyl groups is 2. The second-order valence-corrected chi connectivity index (χ2v) is 6.56. The zero-order valence-corrected chi connectivity index (χ0v) is 13.1. The molecule has 0 bridgehead atoms. The van der Waals surface area contributed by atoms with Crippen molar-refractivity contribution in [2.24, 2.45) is 22.9 Å². The number of carboxylic acid groups (broad SMARTS) is 1. The SMILES string of the molecule is CCCCC(O)CCC1C(O)CC2C(=NOCC(=O)O)CC21. The number of carbonyl (C=O) groups is 1. The van der Waals surface area contributed by atoms with Crippen LogP contribution in [-0.2, 0) is 9.63 Å². The Kier molecular flexibility index (Phi) is 6.20. The highest BCUT2D eigenvalue weighted by Gasteiger charge is 2.51. The molecule has 0 aromatic rings. The van der Waals surface area contributed by atoms with Gasteiger partial charge in [-0.25, -0.2) is 4.79 Å². The van der Waals surface area contributed by atoms with Crippen LogP contribution in [0.15, 0.2) is 5.16 Å². The summed E-state index contributed by atoms with van der Waals surface area (Å²) in [5.41, 5.74) is 0.874. The van der Waals surface area contributed by atoms with Crippen molar-refractivity contribution in [3.8, 4) is 0 Å². The Morgan fingerprint density at radius 1 is 1.45 bits per heavy atom. The van der Waals surface area contributed by atoms with Gasteiger partial charge in [-0.2, -0.15) is 0 Å². The van der Waals surface area contributed by atoms with E-state index in [-0.39, 0.29) is 24.0 Å². The molecular formula is C16H27NO5. The number of fused-ring (bicyclic) bond motifs is 1. The minimum absolute atomic E-state index is 0.222. The molecule has 0 radical (unpaired) electrons. The number of aliphatic hydroxyl groups excluding tert-OH is 2. The molecule has 2 aliphatic carbocycles. The molecule has 0 heterocycles. The fourth-order valence-corrected chi connectivity index (χ4v) is 3.75. The van der Waals surface area contributed by atoms with Gasteiger partial charge in [-0.05, 0) is 43.9 Å². The van der Waals surface area contributed by atoms with Gasteiger partial charge in [0, 0.05) is 5.92 Å². The Morgan fingerprint density at radius 3 is 2.91 bits per heavy atom. The maximum absolute atomic E-state index is 10.4. The molecule has 0 spiro atoms. The van der Waals surface area contributed by atoms with Crippen LogP contribution in [0.25, 0.3) is 0 Å². The molecule has 5 unspecified atom stereocenters. The first kappa shape index (κ1) is 17.2. The number of oxime groups is 1. The van der Waals surface area contributed by atoms with Gasteiger partial charge in [0.25, 0.3) is 0 Å². The van der Waals surface area contributed by atoms with Gasteiger partial charge in [0.15, 0.2) is 0 Å². The van der Waals surface area contributed by atoms with Gasteiger partial charge < -0.3 is 20.2 Å². The Bertz CT molecular complexity index is 411. The van der Waals surface area contributed by atoms with Crippen LogP contribution in [-0.4, -0.2) is 45.8 Å². The average Bonchev–Trinajstić information content (AvgIpc) is 2.71. The molecule has 22 heavy (non-hydrogen) atoms. The summed E-state index contributed by atoms with van der Waals surface area (Å²) in [6.45, 7) is 1.69. The predicted octanol–water partition coefficient (Wildman–Crippen LogP) is 1.79. The topological polar surface area (TPSA) is 99.4 Å². The highest BCUT2D eigenvalue weighted by Crippen LogP contribution is 2.50. The van der Waals surface area contributed by atoms with Crippen LogP contribution >= 0.6 is 0 Å². The Hall–Kier alpha value is -1.14. The largest absolute Gasteiger partial charge is 0.479 e. The summed E-state index contributed by atoms with van der Waals surface area (Å²) in [5.74, 6) is -0.188. The number of unbranched alkanes of at least 4 members (excludes halogenated alkanes) is 1. The molecule has 0 aromatic heterocycles. The van der Waals surface area contributed by atoms with Crippen LogP contribution in [0.3, 0.4) is 0 Å². The van der Waals surface area contributed by atoms with E-state index in [1.807, 2.05) is 0 Å². The van der Waals surface area contributed by atoms with Crippen LogP contribution < -0.4 is 0 Å². The lowest BCUT2D eigenvalue weighted by Gasteiger charge is -2.35. The molecule has 6 nitrogen and oxygen atoms in total. The molecule has 2 aliphatic rings. The van der Waals surface area contributed by atoms with Gasteiger partial charge in [-0.3, -0.25) is 0 Å². The Balaban J connectivity index is 1.76. The van der Waals surface area contributed by atoms with Gasteiger partial charge in [0.1, 0.15) is 0 Å². The fourth-order valence-electron chi connectivity index (χ4n) is 3.75. The normalized spacial score (nSPS) is 33.3. The van der Waals surface area contributed by atoms with Crippen molar-refractivity contribution in [3.05, 3.63) is 0 Å². The third-order valence-electron chi connectivity index (χ3n) is 5.02. The summed E-state index contributed by atoms with van der Waals surface area (Å²) in [6, 6.07) is 0. The van der Waals surface area contributed by atoms with E-state index in [4.69, 9.17) is 9.94 Å². The number of hydrogen-bond acceptors (Lipinski definition) is 5. The molecule has 3 N–H and O–H groups in total. The number of nitrogens with zero attached hydrogens (tertiary/aromatic N) is 1. The number of hydrogen-bond donors (Lipinski definition) is 3. The maximum Gasteiger partial charge on any atom is 0.344 e. The van der Waals surface area contributed by atoms with E-state index in [0.29, 0.717) is 12.3 Å². The summed E-state index contributed by atoms with van der Waals surface area (Å²) in [4.78, 5) is 15.2.